The van der Waals surface area contributed by atoms with Crippen LogP contribution < -0.4 is 0 Å². The van der Waals surface area contributed by atoms with Crippen molar-refractivity contribution in [3.8, 4) is 0 Å². The van der Waals surface area contributed by atoms with Crippen LogP contribution in [0.4, 0.5) is 0 Å². The van der Waals surface area contributed by atoms with Crippen molar-refractivity contribution < 1.29 is 5.11 Å². The molecule has 0 radical (unpaired) electrons. The van der Waals surface area contributed by atoms with E-state index in [2.05, 4.69) is 33.4 Å². The summed E-state index contributed by atoms with van der Waals surface area (Å²) in [6.45, 7) is 9.86. The molecule has 0 aliphatic heterocycles. The van der Waals surface area contributed by atoms with Crippen LogP contribution in [-0.2, 0) is 0 Å². The van der Waals surface area contributed by atoms with Crippen molar-refractivity contribution in [1.29, 1.82) is 0 Å². The van der Waals surface area contributed by atoms with Gasteiger partial charge in [-0.25, -0.2) is 0 Å². The highest BCUT2D eigenvalue weighted by molar-refractivity contribution is 5.05. The highest BCUT2D eigenvalue weighted by Gasteiger charge is 1.97. The number of rotatable bonds is 6. The largest absolute Gasteiger partial charge is 0.389 e. The van der Waals surface area contributed by atoms with Crippen LogP contribution in [-0.4, -0.2) is 11.2 Å². The molecule has 0 amide bonds. The predicted molar refractivity (Wildman–Crippen MR) is 63.2 cm³/mol. The molecule has 0 aromatic rings. The quantitative estimate of drug-likeness (QED) is 0.640. The van der Waals surface area contributed by atoms with E-state index in [1.165, 1.54) is 11.1 Å². The summed E-state index contributed by atoms with van der Waals surface area (Å²) in [4.78, 5) is 0. The molecule has 1 N–H and O–H groups in total. The molecular formula is C13H22O. The first-order valence-corrected chi connectivity index (χ1v) is 5.16. The molecule has 1 nitrogen and oxygen atoms in total. The maximum absolute atomic E-state index is 9.47. The fourth-order valence-electron chi connectivity index (χ4n) is 1.24. The SMILES string of the molecule is C=CC[C@H](O)/C=C(/C)CCC=C(C)C. The van der Waals surface area contributed by atoms with E-state index in [-0.39, 0.29) is 6.10 Å². The van der Waals surface area contributed by atoms with E-state index in [4.69, 9.17) is 0 Å². The number of allylic oxidation sites excluding steroid dienone is 3. The second-order valence-electron chi connectivity index (χ2n) is 3.92. The molecule has 0 saturated carbocycles. The first-order valence-electron chi connectivity index (χ1n) is 5.16. The van der Waals surface area contributed by atoms with E-state index in [0.29, 0.717) is 6.42 Å². The first-order chi connectivity index (χ1) is 6.56. The Bertz CT molecular complexity index is 219. The van der Waals surface area contributed by atoms with Crippen molar-refractivity contribution in [3.05, 3.63) is 36.0 Å². The highest BCUT2D eigenvalue weighted by atomic mass is 16.3. The van der Waals surface area contributed by atoms with Crippen LogP contribution in [0.3, 0.4) is 0 Å². The minimum Gasteiger partial charge on any atom is -0.389 e. The molecule has 0 spiro atoms. The molecule has 0 aromatic heterocycles. The van der Waals surface area contributed by atoms with Gasteiger partial charge in [0, 0.05) is 0 Å². The molecule has 0 heterocycles. The average molecular weight is 194 g/mol. The normalized spacial score (nSPS) is 13.6. The lowest BCUT2D eigenvalue weighted by atomic mass is 10.1. The third-order valence-electron chi connectivity index (χ3n) is 1.98. The van der Waals surface area contributed by atoms with Gasteiger partial charge in [0.25, 0.3) is 0 Å². The first kappa shape index (κ1) is 13.2. The van der Waals surface area contributed by atoms with Gasteiger partial charge in [0.1, 0.15) is 0 Å². The van der Waals surface area contributed by atoms with Gasteiger partial charge in [-0.1, -0.05) is 29.4 Å². The second-order valence-corrected chi connectivity index (χ2v) is 3.92. The smallest absolute Gasteiger partial charge is 0.0757 e. The molecule has 0 bridgehead atoms. The van der Waals surface area contributed by atoms with Crippen molar-refractivity contribution >= 4 is 0 Å². The molecule has 80 valence electrons. The zero-order chi connectivity index (χ0) is 11.0. The van der Waals surface area contributed by atoms with Crippen molar-refractivity contribution in [3.63, 3.8) is 0 Å². The Morgan fingerprint density at radius 1 is 1.36 bits per heavy atom. The van der Waals surface area contributed by atoms with Gasteiger partial charge in [0.05, 0.1) is 6.10 Å². The summed E-state index contributed by atoms with van der Waals surface area (Å²) < 4.78 is 0. The molecule has 0 aliphatic rings. The van der Waals surface area contributed by atoms with Crippen LogP contribution in [0.25, 0.3) is 0 Å². The summed E-state index contributed by atoms with van der Waals surface area (Å²) in [5.41, 5.74) is 2.60. The second kappa shape index (κ2) is 7.57. The minimum absolute atomic E-state index is 0.362. The molecule has 0 rings (SSSR count). The molecule has 0 aromatic carbocycles. The van der Waals surface area contributed by atoms with E-state index in [0.717, 1.165) is 12.8 Å². The third-order valence-corrected chi connectivity index (χ3v) is 1.98. The van der Waals surface area contributed by atoms with E-state index < -0.39 is 0 Å². The molecule has 0 saturated heterocycles. The molecule has 1 atom stereocenters. The van der Waals surface area contributed by atoms with Crippen molar-refractivity contribution in [1.82, 2.24) is 0 Å². The van der Waals surface area contributed by atoms with E-state index >= 15 is 0 Å². The average Bonchev–Trinajstić information content (AvgIpc) is 2.03. The monoisotopic (exact) mass is 194 g/mol. The Kier molecular flexibility index (Phi) is 7.13. The van der Waals surface area contributed by atoms with Crippen LogP contribution in [0, 0.1) is 0 Å². The van der Waals surface area contributed by atoms with Gasteiger partial charge in [0.15, 0.2) is 0 Å². The van der Waals surface area contributed by atoms with Crippen LogP contribution >= 0.6 is 0 Å². The van der Waals surface area contributed by atoms with Gasteiger partial charge in [-0.15, -0.1) is 6.58 Å². The van der Waals surface area contributed by atoms with E-state index in [1.807, 2.05) is 6.08 Å². The van der Waals surface area contributed by atoms with Crippen molar-refractivity contribution in [2.24, 2.45) is 0 Å². The van der Waals surface area contributed by atoms with Gasteiger partial charge in [-0.2, -0.15) is 0 Å². The van der Waals surface area contributed by atoms with Crippen LogP contribution in [0.5, 0.6) is 0 Å². The summed E-state index contributed by atoms with van der Waals surface area (Å²) in [6, 6.07) is 0. The molecule has 0 fully saturated rings. The molecule has 0 aliphatic carbocycles. The van der Waals surface area contributed by atoms with Crippen LogP contribution in [0.2, 0.25) is 0 Å². The number of aliphatic hydroxyl groups is 1. The van der Waals surface area contributed by atoms with Gasteiger partial charge in [-0.05, 0) is 40.0 Å². The fraction of sp³-hybridized carbons (Fsp3) is 0.538. The van der Waals surface area contributed by atoms with Crippen LogP contribution in [0.15, 0.2) is 36.0 Å². The summed E-state index contributed by atoms with van der Waals surface area (Å²) in [5.74, 6) is 0. The third kappa shape index (κ3) is 7.81. The van der Waals surface area contributed by atoms with Gasteiger partial charge < -0.3 is 5.11 Å². The molecule has 14 heavy (non-hydrogen) atoms. The van der Waals surface area contributed by atoms with Gasteiger partial charge in [-0.3, -0.25) is 0 Å². The van der Waals surface area contributed by atoms with Gasteiger partial charge >= 0.3 is 0 Å². The Hall–Kier alpha value is -0.820. The lowest BCUT2D eigenvalue weighted by Crippen LogP contribution is -2.00. The molecular weight excluding hydrogens is 172 g/mol. The van der Waals surface area contributed by atoms with Crippen molar-refractivity contribution in [2.75, 3.05) is 0 Å². The van der Waals surface area contributed by atoms with Crippen LogP contribution in [0.1, 0.15) is 40.0 Å². The Balaban J connectivity index is 3.88. The maximum Gasteiger partial charge on any atom is 0.0757 e. The summed E-state index contributed by atoms with van der Waals surface area (Å²) in [7, 11) is 0. The number of hydrogen-bond acceptors (Lipinski definition) is 1. The lowest BCUT2D eigenvalue weighted by Gasteiger charge is -2.04. The lowest BCUT2D eigenvalue weighted by molar-refractivity contribution is 0.226. The predicted octanol–water partition coefficient (Wildman–Crippen LogP) is 3.62. The molecule has 0 unspecified atom stereocenters. The summed E-state index contributed by atoms with van der Waals surface area (Å²) >= 11 is 0. The standard InChI is InChI=1S/C13H22O/c1-5-7-13(14)10-12(4)9-6-8-11(2)3/h5,8,10,13-14H,1,6-7,9H2,2-4H3/b12-10-/t13-/m0/s1. The van der Waals surface area contributed by atoms with E-state index in [1.54, 1.807) is 6.08 Å². The zero-order valence-electron chi connectivity index (χ0n) is 9.59. The summed E-state index contributed by atoms with van der Waals surface area (Å²) in [5, 5.41) is 9.47. The Morgan fingerprint density at radius 3 is 2.50 bits per heavy atom. The topological polar surface area (TPSA) is 20.2 Å². The zero-order valence-corrected chi connectivity index (χ0v) is 9.59. The highest BCUT2D eigenvalue weighted by Crippen LogP contribution is 2.08. The fourth-order valence-corrected chi connectivity index (χ4v) is 1.24. The van der Waals surface area contributed by atoms with Crippen molar-refractivity contribution in [2.45, 2.75) is 46.1 Å². The summed E-state index contributed by atoms with van der Waals surface area (Å²) in [6.07, 6.45) is 8.24. The molecule has 1 heteroatoms. The Morgan fingerprint density at radius 2 is 2.00 bits per heavy atom. The van der Waals surface area contributed by atoms with E-state index in [9.17, 15) is 5.11 Å². The maximum atomic E-state index is 9.47. The van der Waals surface area contributed by atoms with Gasteiger partial charge in [0.2, 0.25) is 0 Å². The number of hydrogen-bond donors (Lipinski definition) is 1. The Labute approximate surface area is 87.8 Å². The minimum atomic E-state index is -0.362. The number of aliphatic hydroxyl groups excluding tert-OH is 1.